The van der Waals surface area contributed by atoms with Crippen molar-refractivity contribution < 1.29 is 4.74 Å². The molecule has 0 bridgehead atoms. The minimum absolute atomic E-state index is 0.301. The minimum Gasteiger partial charge on any atom is -0.492 e. The molecule has 0 spiro atoms. The van der Waals surface area contributed by atoms with Crippen LogP contribution in [0.5, 0.6) is 5.75 Å². The molecule has 2 aromatic rings. The van der Waals surface area contributed by atoms with Crippen molar-refractivity contribution in [2.75, 3.05) is 6.61 Å². The fourth-order valence-corrected chi connectivity index (χ4v) is 4.75. The number of fused-ring (bicyclic) bond motifs is 5. The lowest BCUT2D eigenvalue weighted by atomic mass is 9.71. The molecule has 0 saturated heterocycles. The summed E-state index contributed by atoms with van der Waals surface area (Å²) >= 11 is 0. The van der Waals surface area contributed by atoms with Gasteiger partial charge in [0.2, 0.25) is 0 Å². The lowest BCUT2D eigenvalue weighted by molar-refractivity contribution is 0.340. The van der Waals surface area contributed by atoms with Gasteiger partial charge in [0.15, 0.2) is 0 Å². The second kappa shape index (κ2) is 4.50. The molecule has 1 aliphatic heterocycles. The summed E-state index contributed by atoms with van der Waals surface area (Å²) in [5, 5.41) is 2.83. The summed E-state index contributed by atoms with van der Waals surface area (Å²) in [4.78, 5) is 0. The summed E-state index contributed by atoms with van der Waals surface area (Å²) in [6.07, 6.45) is 3.80. The zero-order chi connectivity index (χ0) is 15.6. The van der Waals surface area contributed by atoms with Gasteiger partial charge in [-0.3, -0.25) is 0 Å². The third-order valence-electron chi connectivity index (χ3n) is 6.07. The van der Waals surface area contributed by atoms with Crippen LogP contribution in [-0.4, -0.2) is 6.61 Å². The molecular formula is C21H26O. The zero-order valence-electron chi connectivity index (χ0n) is 14.5. The van der Waals surface area contributed by atoms with Crippen molar-refractivity contribution in [1.29, 1.82) is 0 Å². The molecule has 1 nitrogen and oxygen atoms in total. The van der Waals surface area contributed by atoms with Gasteiger partial charge in [0.1, 0.15) is 5.75 Å². The maximum Gasteiger partial charge on any atom is 0.131 e. The summed E-state index contributed by atoms with van der Waals surface area (Å²) in [6.45, 7) is 12.5. The molecule has 0 N–H and O–H groups in total. The summed E-state index contributed by atoms with van der Waals surface area (Å²) in [5.74, 6) is 1.68. The molecule has 0 fully saturated rings. The summed E-state index contributed by atoms with van der Waals surface area (Å²) in [6, 6.07) is 4.70. The second-order valence-electron chi connectivity index (χ2n) is 7.96. The molecule has 0 saturated carbocycles. The maximum atomic E-state index is 6.10. The number of hydrogen-bond acceptors (Lipinski definition) is 1. The van der Waals surface area contributed by atoms with Crippen molar-refractivity contribution >= 4 is 10.8 Å². The minimum atomic E-state index is 0.301. The van der Waals surface area contributed by atoms with Crippen LogP contribution in [-0.2, 0) is 11.8 Å². The van der Waals surface area contributed by atoms with Crippen molar-refractivity contribution in [3.05, 3.63) is 39.9 Å². The van der Waals surface area contributed by atoms with Gasteiger partial charge in [0.05, 0.1) is 6.61 Å². The highest BCUT2D eigenvalue weighted by atomic mass is 16.5. The monoisotopic (exact) mass is 294 g/mol. The van der Waals surface area contributed by atoms with Crippen LogP contribution in [0.25, 0.3) is 10.8 Å². The Bertz CT molecular complexity index is 783. The lowest BCUT2D eigenvalue weighted by Gasteiger charge is -2.34. The van der Waals surface area contributed by atoms with E-state index >= 15 is 0 Å². The fourth-order valence-electron chi connectivity index (χ4n) is 4.75. The molecule has 0 amide bonds. The first-order valence-corrected chi connectivity index (χ1v) is 8.63. The van der Waals surface area contributed by atoms with E-state index in [0.717, 1.165) is 12.4 Å². The van der Waals surface area contributed by atoms with Crippen LogP contribution in [0, 0.1) is 13.8 Å². The van der Waals surface area contributed by atoms with E-state index in [9.17, 15) is 0 Å². The van der Waals surface area contributed by atoms with E-state index in [2.05, 4.69) is 46.8 Å². The van der Waals surface area contributed by atoms with Crippen molar-refractivity contribution in [2.24, 2.45) is 0 Å². The van der Waals surface area contributed by atoms with Gasteiger partial charge in [0, 0.05) is 16.9 Å². The number of benzene rings is 2. The predicted octanol–water partition coefficient (Wildman–Crippen LogP) is 5.57. The van der Waals surface area contributed by atoms with Gasteiger partial charge >= 0.3 is 0 Å². The molecule has 1 atom stereocenters. The van der Waals surface area contributed by atoms with Crippen molar-refractivity contribution in [3.8, 4) is 5.75 Å². The summed E-state index contributed by atoms with van der Waals surface area (Å²) in [5.41, 5.74) is 7.81. The first-order chi connectivity index (χ1) is 10.4. The van der Waals surface area contributed by atoms with Crippen molar-refractivity contribution in [1.82, 2.24) is 0 Å². The highest BCUT2D eigenvalue weighted by Gasteiger charge is 2.32. The van der Waals surface area contributed by atoms with E-state index in [1.54, 1.807) is 11.1 Å². The van der Waals surface area contributed by atoms with Crippen molar-refractivity contribution in [2.45, 2.75) is 65.2 Å². The quantitative estimate of drug-likeness (QED) is 0.617. The molecule has 116 valence electrons. The Morgan fingerprint density at radius 2 is 1.91 bits per heavy atom. The Balaban J connectivity index is 2.13. The first-order valence-electron chi connectivity index (χ1n) is 8.63. The van der Waals surface area contributed by atoms with E-state index < -0.39 is 0 Å². The van der Waals surface area contributed by atoms with E-state index in [-0.39, 0.29) is 0 Å². The molecule has 22 heavy (non-hydrogen) atoms. The Hall–Kier alpha value is -1.50. The topological polar surface area (TPSA) is 9.23 Å². The van der Waals surface area contributed by atoms with Gasteiger partial charge in [-0.1, -0.05) is 32.9 Å². The van der Waals surface area contributed by atoms with E-state index in [0.29, 0.717) is 11.3 Å². The van der Waals surface area contributed by atoms with Gasteiger partial charge in [0.25, 0.3) is 0 Å². The Morgan fingerprint density at radius 1 is 1.14 bits per heavy atom. The standard InChI is InChI=1S/C21H26O/c1-12-11-22-20-16-8-9-17-15(7-6-10-21(17,4)5)19(16)14(3)13(2)18(12)20/h8-9,12H,6-7,10-11H2,1-5H3/t12-/m0/s1. The molecule has 4 rings (SSSR count). The SMILES string of the molecule is Cc1c2c(c3ccc4c(c3c1C)CCCC4(C)C)OC[C@@H]2C. The molecule has 0 aromatic heterocycles. The average Bonchev–Trinajstić information content (AvgIpc) is 2.86. The van der Waals surface area contributed by atoms with E-state index in [4.69, 9.17) is 4.74 Å². The molecule has 1 heteroatoms. The number of aryl methyl sites for hydroxylation is 2. The van der Waals surface area contributed by atoms with Gasteiger partial charge < -0.3 is 4.74 Å². The van der Waals surface area contributed by atoms with Crippen LogP contribution < -0.4 is 4.74 Å². The molecular weight excluding hydrogens is 268 g/mol. The van der Waals surface area contributed by atoms with Crippen molar-refractivity contribution in [3.63, 3.8) is 0 Å². The Labute approximate surface area is 133 Å². The van der Waals surface area contributed by atoms with Crippen LogP contribution in [0.3, 0.4) is 0 Å². The first kappa shape index (κ1) is 14.1. The predicted molar refractivity (Wildman–Crippen MR) is 93.3 cm³/mol. The third-order valence-corrected chi connectivity index (χ3v) is 6.07. The van der Waals surface area contributed by atoms with Gasteiger partial charge in [-0.05, 0) is 66.2 Å². The molecule has 1 aliphatic carbocycles. The molecule has 2 aromatic carbocycles. The third kappa shape index (κ3) is 1.71. The van der Waals surface area contributed by atoms with Gasteiger partial charge in [-0.15, -0.1) is 0 Å². The zero-order valence-corrected chi connectivity index (χ0v) is 14.5. The number of hydrogen-bond donors (Lipinski definition) is 0. The Kier molecular flexibility index (Phi) is 2.89. The van der Waals surface area contributed by atoms with Crippen LogP contribution in [0.4, 0.5) is 0 Å². The fraction of sp³-hybridized carbons (Fsp3) is 0.524. The summed E-state index contributed by atoms with van der Waals surface area (Å²) < 4.78 is 6.10. The number of ether oxygens (including phenoxy) is 1. The van der Waals surface area contributed by atoms with Crippen LogP contribution in [0.15, 0.2) is 12.1 Å². The van der Waals surface area contributed by atoms with Crippen LogP contribution >= 0.6 is 0 Å². The second-order valence-corrected chi connectivity index (χ2v) is 7.96. The normalized spacial score (nSPS) is 22.3. The lowest BCUT2D eigenvalue weighted by Crippen LogP contribution is -2.24. The van der Waals surface area contributed by atoms with E-state index in [1.807, 2.05) is 0 Å². The molecule has 2 aliphatic rings. The summed E-state index contributed by atoms with van der Waals surface area (Å²) in [7, 11) is 0. The van der Waals surface area contributed by atoms with E-state index in [1.165, 1.54) is 46.7 Å². The largest absolute Gasteiger partial charge is 0.492 e. The molecule has 0 radical (unpaired) electrons. The van der Waals surface area contributed by atoms with Crippen LogP contribution in [0.2, 0.25) is 0 Å². The number of rotatable bonds is 0. The highest BCUT2D eigenvalue weighted by Crippen LogP contribution is 2.48. The smallest absolute Gasteiger partial charge is 0.131 e. The highest BCUT2D eigenvalue weighted by molar-refractivity contribution is 5.97. The molecule has 1 heterocycles. The van der Waals surface area contributed by atoms with Gasteiger partial charge in [-0.25, -0.2) is 0 Å². The molecule has 0 unspecified atom stereocenters. The average molecular weight is 294 g/mol. The maximum absolute atomic E-state index is 6.10. The van der Waals surface area contributed by atoms with Crippen LogP contribution in [0.1, 0.15) is 67.3 Å². The van der Waals surface area contributed by atoms with Gasteiger partial charge in [-0.2, -0.15) is 0 Å². The Morgan fingerprint density at radius 3 is 2.68 bits per heavy atom.